The predicted octanol–water partition coefficient (Wildman–Crippen LogP) is 13.0. The monoisotopic (exact) mass is 841 g/mol. The van der Waals surface area contributed by atoms with Crippen LogP contribution in [0, 0.1) is 0 Å². The third-order valence-corrected chi connectivity index (χ3v) is 11.8. The van der Waals surface area contributed by atoms with Gasteiger partial charge in [-0.25, -0.2) is 0 Å². The molecule has 1 atom stereocenters. The number of nitrogens with one attached hydrogen (secondary N) is 1. The molecule has 0 aromatic heterocycles. The molecule has 0 aliphatic rings. The Kier molecular flexibility index (Phi) is 44.1. The van der Waals surface area contributed by atoms with E-state index >= 15 is 0 Å². The number of carbonyl (C=O) groups excluding carboxylic acids is 2. The summed E-state index contributed by atoms with van der Waals surface area (Å²) in [5.74, 6) is 0.674. The zero-order chi connectivity index (χ0) is 42.6. The van der Waals surface area contributed by atoms with Crippen LogP contribution in [-0.4, -0.2) is 66.6 Å². The number of unbranched alkanes of at least 4 members (excludes halogenated alkanes) is 25. The van der Waals surface area contributed by atoms with E-state index in [9.17, 15) is 14.1 Å². The first-order chi connectivity index (χ1) is 28.4. The number of nitrogens with zero attached hydrogens (tertiary/aromatic N) is 2. The minimum atomic E-state index is -1.68. The highest BCUT2D eigenvalue weighted by Crippen LogP contribution is 2.19. The molecule has 0 amide bonds. The molecule has 0 spiro atoms. The molecule has 0 aliphatic carbocycles. The van der Waals surface area contributed by atoms with Crippen LogP contribution in [0.25, 0.3) is 0 Å². The predicted molar refractivity (Wildman–Crippen MR) is 249 cm³/mol. The van der Waals surface area contributed by atoms with E-state index in [2.05, 4.69) is 35.4 Å². The highest BCUT2D eigenvalue weighted by Gasteiger charge is 2.15. The molecular formula is C48H96N4O5S. The van der Waals surface area contributed by atoms with Crippen LogP contribution >= 0.6 is 0 Å². The third kappa shape index (κ3) is 41.4. The van der Waals surface area contributed by atoms with Crippen LogP contribution in [0.15, 0.2) is 4.40 Å². The lowest BCUT2D eigenvalue weighted by Crippen LogP contribution is -2.28. The maximum atomic E-state index is 12.8. The van der Waals surface area contributed by atoms with Crippen molar-refractivity contribution >= 4 is 29.3 Å². The Hall–Kier alpha value is -1.36. The van der Waals surface area contributed by atoms with Crippen LogP contribution in [0.2, 0.25) is 0 Å². The van der Waals surface area contributed by atoms with Crippen molar-refractivity contribution in [3.05, 3.63) is 0 Å². The number of carbonyl (C=O) groups is 2. The van der Waals surface area contributed by atoms with Crippen LogP contribution in [0.3, 0.4) is 0 Å². The summed E-state index contributed by atoms with van der Waals surface area (Å²) in [5, 5.41) is 8.39. The Morgan fingerprint density at radius 3 is 1.40 bits per heavy atom. The van der Waals surface area contributed by atoms with Gasteiger partial charge in [-0.3, -0.25) is 9.59 Å². The summed E-state index contributed by atoms with van der Waals surface area (Å²) in [6, 6.07) is 0. The van der Waals surface area contributed by atoms with Gasteiger partial charge in [0.25, 0.3) is 0 Å². The second-order valence-electron chi connectivity index (χ2n) is 17.0. The first kappa shape index (κ1) is 56.6. The van der Waals surface area contributed by atoms with E-state index < -0.39 is 11.5 Å². The van der Waals surface area contributed by atoms with Gasteiger partial charge in [0.05, 0.1) is 6.61 Å². The minimum Gasteiger partial charge on any atom is -0.572 e. The fourth-order valence-corrected chi connectivity index (χ4v) is 8.09. The average Bonchev–Trinajstić information content (AvgIpc) is 3.21. The Morgan fingerprint density at radius 1 is 0.552 bits per heavy atom. The number of rotatable bonds is 45. The highest BCUT2D eigenvalue weighted by atomic mass is 32.2. The van der Waals surface area contributed by atoms with Crippen molar-refractivity contribution in [2.24, 2.45) is 9.54 Å². The van der Waals surface area contributed by atoms with Crippen molar-refractivity contribution < 1.29 is 23.6 Å². The molecule has 0 bridgehead atoms. The molecule has 0 rings (SSSR count). The van der Waals surface area contributed by atoms with Crippen molar-refractivity contribution in [1.29, 1.82) is 0 Å². The van der Waals surface area contributed by atoms with E-state index in [1.54, 1.807) is 7.05 Å². The molecule has 3 N–H and O–H groups in total. The standard InChI is InChI=1S/C48H96N4O5S/c1-5-8-11-14-17-26-35-44-56-47(53)39-29-22-18-24-32-41-52(43-34-31-38-46(50-4)51-58(49)55)42-33-25-19-23-30-40-48(54)57-45(36-27-20-15-12-9-6-2)37-28-21-16-13-10-7-3/h45H,5-44,49H2,1-4H3,(H,50,51). The van der Waals surface area contributed by atoms with Crippen LogP contribution < -0.4 is 10.5 Å². The van der Waals surface area contributed by atoms with E-state index in [4.69, 9.17) is 14.6 Å². The normalized spacial score (nSPS) is 12.4. The second-order valence-corrected chi connectivity index (χ2v) is 17.7. The minimum absolute atomic E-state index is 0.0102. The first-order valence-electron chi connectivity index (χ1n) is 24.8. The second kappa shape index (κ2) is 45.2. The Morgan fingerprint density at radius 2 is 0.931 bits per heavy atom. The van der Waals surface area contributed by atoms with E-state index in [-0.39, 0.29) is 18.0 Å². The molecule has 0 radical (unpaired) electrons. The Balaban J connectivity index is 4.48. The molecule has 0 aromatic carbocycles. The molecule has 0 aliphatic heterocycles. The molecule has 0 fully saturated rings. The zero-order valence-electron chi connectivity index (χ0n) is 38.8. The molecule has 344 valence electrons. The van der Waals surface area contributed by atoms with Crippen LogP contribution in [-0.2, 0) is 30.6 Å². The number of esters is 2. The van der Waals surface area contributed by atoms with Gasteiger partial charge in [-0.05, 0) is 94.7 Å². The number of hydrogen-bond acceptors (Lipinski definition) is 8. The van der Waals surface area contributed by atoms with E-state index in [1.165, 1.54) is 135 Å². The first-order valence-corrected chi connectivity index (χ1v) is 26.0. The Labute approximate surface area is 362 Å². The molecular weight excluding hydrogens is 745 g/mol. The van der Waals surface area contributed by atoms with Crippen LogP contribution in [0.4, 0.5) is 0 Å². The molecule has 0 aromatic rings. The van der Waals surface area contributed by atoms with Gasteiger partial charge in [0.2, 0.25) is 0 Å². The smallest absolute Gasteiger partial charge is 0.306 e. The van der Waals surface area contributed by atoms with Crippen LogP contribution in [0.5, 0.6) is 0 Å². The largest absolute Gasteiger partial charge is 0.572 e. The quantitative estimate of drug-likeness (QED) is 0.0204. The summed E-state index contributed by atoms with van der Waals surface area (Å²) in [6.45, 7) is 10.6. The topological polar surface area (TPSA) is 129 Å². The van der Waals surface area contributed by atoms with Crippen molar-refractivity contribution in [2.45, 2.75) is 258 Å². The highest BCUT2D eigenvalue weighted by molar-refractivity contribution is 7.88. The van der Waals surface area contributed by atoms with Gasteiger partial charge < -0.3 is 24.2 Å². The summed E-state index contributed by atoms with van der Waals surface area (Å²) < 4.78 is 26.8. The lowest BCUT2D eigenvalue weighted by atomic mass is 10.0. The molecule has 0 saturated heterocycles. The summed E-state index contributed by atoms with van der Waals surface area (Å²) >= 11 is -1.68. The molecule has 10 heteroatoms. The van der Waals surface area contributed by atoms with Gasteiger partial charge >= 0.3 is 11.9 Å². The number of ether oxygens (including phenoxy) is 2. The van der Waals surface area contributed by atoms with Gasteiger partial charge in [-0.2, -0.15) is 0 Å². The third-order valence-electron chi connectivity index (χ3n) is 11.4. The van der Waals surface area contributed by atoms with Crippen molar-refractivity contribution in [2.75, 3.05) is 33.3 Å². The van der Waals surface area contributed by atoms with E-state index in [0.717, 1.165) is 103 Å². The van der Waals surface area contributed by atoms with Crippen molar-refractivity contribution in [1.82, 2.24) is 10.2 Å². The lowest BCUT2D eigenvalue weighted by molar-refractivity contribution is -0.150. The maximum Gasteiger partial charge on any atom is 0.306 e. The van der Waals surface area contributed by atoms with Gasteiger partial charge in [0, 0.05) is 26.3 Å². The molecule has 9 nitrogen and oxygen atoms in total. The van der Waals surface area contributed by atoms with Gasteiger partial charge in [0.1, 0.15) is 6.10 Å². The van der Waals surface area contributed by atoms with Gasteiger partial charge in [0.15, 0.2) is 17.4 Å². The summed E-state index contributed by atoms with van der Waals surface area (Å²) in [5.41, 5.74) is 0. The maximum absolute atomic E-state index is 12.8. The summed E-state index contributed by atoms with van der Waals surface area (Å²) in [7, 11) is 1.80. The van der Waals surface area contributed by atoms with Crippen molar-refractivity contribution in [3.8, 4) is 0 Å². The van der Waals surface area contributed by atoms with Gasteiger partial charge in [-0.1, -0.05) is 162 Å². The van der Waals surface area contributed by atoms with E-state index in [0.29, 0.717) is 25.3 Å². The fraction of sp³-hybridized carbons (Fsp3) is 0.938. The molecule has 0 saturated carbocycles. The summed E-state index contributed by atoms with van der Waals surface area (Å²) in [6.07, 6.45) is 40.9. The molecule has 1 unspecified atom stereocenters. The SMILES string of the molecule is CCCCCCCCCOC(=O)CCCCCCCN(CCCCCCCC(=O)OC(CCCCCCCC)CCCCCCCC)CCCC/C(=N/[S+](N)[O-])NC. The van der Waals surface area contributed by atoms with E-state index in [1.807, 2.05) is 0 Å². The summed E-state index contributed by atoms with van der Waals surface area (Å²) in [4.78, 5) is 27.6. The number of amidine groups is 1. The fourth-order valence-electron chi connectivity index (χ4n) is 7.69. The van der Waals surface area contributed by atoms with Crippen molar-refractivity contribution in [3.63, 3.8) is 0 Å². The number of nitrogens with two attached hydrogens (primary N) is 1. The number of hydrogen-bond donors (Lipinski definition) is 2. The van der Waals surface area contributed by atoms with Gasteiger partial charge in [-0.15, -0.1) is 5.14 Å². The lowest BCUT2D eigenvalue weighted by Gasteiger charge is -2.22. The zero-order valence-corrected chi connectivity index (χ0v) is 39.6. The Bertz CT molecular complexity index is 909. The average molecular weight is 841 g/mol. The van der Waals surface area contributed by atoms with Crippen LogP contribution in [0.1, 0.15) is 252 Å². The molecule has 0 heterocycles. The molecule has 58 heavy (non-hydrogen) atoms.